The second-order valence-electron chi connectivity index (χ2n) is 3.96. The highest BCUT2D eigenvalue weighted by molar-refractivity contribution is 5.31. The lowest BCUT2D eigenvalue weighted by molar-refractivity contribution is -0.0422. The molecule has 1 aliphatic rings. The van der Waals surface area contributed by atoms with E-state index in [1.54, 1.807) is 0 Å². The van der Waals surface area contributed by atoms with E-state index in [0.29, 0.717) is 0 Å². The molecule has 1 N–H and O–H groups in total. The monoisotopic (exact) mass is 316 g/mol. The third-order valence-electron chi connectivity index (χ3n) is 2.40. The quantitative estimate of drug-likeness (QED) is 0.905. The molecule has 0 amide bonds. The molecule has 0 aromatic heterocycles. The lowest BCUT2D eigenvalue weighted by Crippen LogP contribution is -2.44. The van der Waals surface area contributed by atoms with Crippen LogP contribution in [0.1, 0.15) is 78.1 Å². The molecule has 3 heteroatoms. The molecule has 0 radical (unpaired) electrons. The predicted molar refractivity (Wildman–Crippen MR) is 86.9 cm³/mol. The van der Waals surface area contributed by atoms with Crippen LogP contribution < -0.4 is 4.74 Å². The first kappa shape index (κ1) is 3.39. The maximum atomic E-state index is 12.3. The number of benzene rings is 1. The van der Waals surface area contributed by atoms with Crippen LogP contribution in [-0.2, 0) is 0 Å². The summed E-state index contributed by atoms with van der Waals surface area (Å²) in [6, 6.07) is -6.87. The Labute approximate surface area is 164 Å². The first-order chi connectivity index (χ1) is 19.7. The molecule has 118 valence electrons. The van der Waals surface area contributed by atoms with Gasteiger partial charge in [0.1, 0.15) is 5.75 Å². The Morgan fingerprint density at radius 2 is 2.43 bits per heavy atom. The molecular weight excluding hydrogens is 262 g/mol. The molecule has 1 aliphatic carbocycles. The Morgan fingerprint density at radius 1 is 1.67 bits per heavy atom. The van der Waals surface area contributed by atoms with Gasteiger partial charge in [-0.3, -0.25) is 0 Å². The van der Waals surface area contributed by atoms with Crippen molar-refractivity contribution in [1.82, 2.24) is 4.90 Å². The minimum atomic E-state index is -5.05. The van der Waals surface area contributed by atoms with Gasteiger partial charge in [0.05, 0.1) is 22.2 Å². The van der Waals surface area contributed by atoms with Crippen molar-refractivity contribution in [3.8, 4) is 5.75 Å². The molecule has 1 aromatic carbocycles. The van der Waals surface area contributed by atoms with Crippen molar-refractivity contribution >= 4 is 0 Å². The summed E-state index contributed by atoms with van der Waals surface area (Å²) in [5.74, 6) is -10.1. The molecule has 0 heterocycles. The zero-order chi connectivity index (χ0) is 37.2. The van der Waals surface area contributed by atoms with Gasteiger partial charge in [-0.15, -0.1) is 0 Å². The van der Waals surface area contributed by atoms with Crippen molar-refractivity contribution in [1.29, 1.82) is 0 Å². The molecule has 2 rings (SSSR count). The third-order valence-corrected chi connectivity index (χ3v) is 2.40. The molecular formula is C18H29NO2. The summed E-state index contributed by atoms with van der Waals surface area (Å²) in [5, 5.41) is 12.3. The highest BCUT2D eigenvalue weighted by atomic mass is 16.5. The molecule has 3 nitrogen and oxygen atoms in total. The van der Waals surface area contributed by atoms with E-state index in [0.717, 1.165) is 0 Å². The van der Waals surface area contributed by atoms with Crippen molar-refractivity contribution in [3.63, 3.8) is 0 Å². The number of rotatable bonds is 5. The van der Waals surface area contributed by atoms with Crippen LogP contribution in [0.4, 0.5) is 0 Å². The summed E-state index contributed by atoms with van der Waals surface area (Å²) in [7, 11) is -3.48. The van der Waals surface area contributed by atoms with E-state index in [2.05, 4.69) is 4.74 Å². The molecule has 0 saturated heterocycles. The summed E-state index contributed by atoms with van der Waals surface area (Å²) in [6.45, 7) is -13.1. The lowest BCUT2D eigenvalue weighted by Gasteiger charge is -2.43. The Bertz CT molecular complexity index is 1300. The summed E-state index contributed by atoms with van der Waals surface area (Å²) < 4.78 is 209. The van der Waals surface area contributed by atoms with Gasteiger partial charge in [0.25, 0.3) is 0 Å². The fraction of sp³-hybridized carbons (Fsp3) is 0.667. The fourth-order valence-corrected chi connectivity index (χ4v) is 1.58. The van der Waals surface area contributed by atoms with E-state index in [9.17, 15) is 6.48 Å². The Balaban J connectivity index is 3.54. The zero-order valence-electron chi connectivity index (χ0n) is 35.8. The average Bonchev–Trinajstić information content (AvgIpc) is 2.80. The van der Waals surface area contributed by atoms with Gasteiger partial charge in [0.2, 0.25) is 0 Å². The number of methoxy groups -OCH3 is 1. The Kier molecular flexibility index (Phi) is 1.10. The molecule has 1 fully saturated rings. The number of hydrogen-bond acceptors (Lipinski definition) is 3. The van der Waals surface area contributed by atoms with Gasteiger partial charge in [-0.2, -0.15) is 0 Å². The minimum Gasteiger partial charge on any atom is -0.497 e. The second-order valence-corrected chi connectivity index (χ2v) is 3.96. The molecule has 1 saturated carbocycles. The van der Waals surface area contributed by atoms with Crippen LogP contribution in [-0.4, -0.2) is 43.1 Å². The first-order valence-corrected chi connectivity index (χ1v) is 5.55. The van der Waals surface area contributed by atoms with E-state index >= 15 is 0 Å². The summed E-state index contributed by atoms with van der Waals surface area (Å²) in [6.07, 6.45) is -17.6. The van der Waals surface area contributed by atoms with Crippen molar-refractivity contribution in [3.05, 3.63) is 29.7 Å². The van der Waals surface area contributed by atoms with Gasteiger partial charge >= 0.3 is 0 Å². The zero-order valence-corrected chi connectivity index (χ0v) is 10.8. The maximum Gasteiger partial charge on any atom is 0.118 e. The standard InChI is InChI=1S/C18H29NO2/c1-14-6-5-11-18(20,12-14)17(13-19(2)3)15-7-9-16(21-4)10-8-15/h7-10,14,17,20H,5-6,11-13H2,1-4H3/i2D3,3D3,4D3,5D2,6D2,7D,8D,9D,10D,11D2,12D2,13D2,14D,17D. The summed E-state index contributed by atoms with van der Waals surface area (Å²) >= 11 is 0. The SMILES string of the molecule is [2H]c1c([2H])c(C([2H])(C([2H])([2H])N(C([2H])([2H])[2H])C([2H])([2H])[2H])C2(O)C([2H])([2H])C([2H])([2H])C([2H])([2H])C([2H])(C)C2([2H])[2H])c([2H])c([2H])c1OC([2H])([2H])[2H]. The highest BCUT2D eigenvalue weighted by Crippen LogP contribution is 2.42. The normalized spacial score (nSPS) is 62.1. The van der Waals surface area contributed by atoms with Crippen molar-refractivity contribution < 1.29 is 44.1 Å². The van der Waals surface area contributed by atoms with Crippen molar-refractivity contribution in [2.24, 2.45) is 5.89 Å². The van der Waals surface area contributed by atoms with Gasteiger partial charge in [-0.25, -0.2) is 0 Å². The maximum absolute atomic E-state index is 12.3. The summed E-state index contributed by atoms with van der Waals surface area (Å²) in [4.78, 5) is -1.14. The van der Waals surface area contributed by atoms with E-state index in [1.165, 1.54) is 0 Å². The predicted octanol–water partition coefficient (Wildman–Crippen LogP) is 3.28. The summed E-state index contributed by atoms with van der Waals surface area (Å²) in [5.41, 5.74) is -7.07. The molecule has 0 spiro atoms. The van der Waals surface area contributed by atoms with Crippen LogP contribution in [0, 0.1) is 5.89 Å². The van der Waals surface area contributed by atoms with Crippen LogP contribution in [0.15, 0.2) is 24.2 Å². The van der Waals surface area contributed by atoms with Gasteiger partial charge in [0.15, 0.2) is 0 Å². The van der Waals surface area contributed by atoms with Gasteiger partial charge in [-0.05, 0) is 50.2 Å². The first-order valence-electron chi connectivity index (χ1n) is 18.1. The average molecular weight is 317 g/mol. The van der Waals surface area contributed by atoms with Gasteiger partial charge in [0, 0.05) is 37.1 Å². The Morgan fingerprint density at radius 3 is 3.10 bits per heavy atom. The minimum absolute atomic E-state index is 0.272. The number of ether oxygens (including phenoxy) is 1. The van der Waals surface area contributed by atoms with Crippen LogP contribution in [0.3, 0.4) is 0 Å². The highest BCUT2D eigenvalue weighted by Gasteiger charge is 2.40. The molecule has 21 heavy (non-hydrogen) atoms. The number of nitrogens with zero attached hydrogens (tertiary/aromatic N) is 1. The van der Waals surface area contributed by atoms with E-state index in [1.807, 2.05) is 0 Å². The topological polar surface area (TPSA) is 32.7 Å². The fourth-order valence-electron chi connectivity index (χ4n) is 1.58. The lowest BCUT2D eigenvalue weighted by atomic mass is 9.69. The van der Waals surface area contributed by atoms with E-state index in [4.69, 9.17) is 32.9 Å². The van der Waals surface area contributed by atoms with Crippen LogP contribution in [0.25, 0.3) is 0 Å². The molecule has 0 aliphatic heterocycles. The smallest absolute Gasteiger partial charge is 0.118 e. The van der Waals surface area contributed by atoms with E-state index in [-0.39, 0.29) is 6.92 Å². The number of aliphatic hydroxyl groups is 1. The van der Waals surface area contributed by atoms with E-state index < -0.39 is 111 Å². The van der Waals surface area contributed by atoms with Crippen LogP contribution >= 0.6 is 0 Å². The number of likely N-dealkylation sites (N-methyl/N-ethyl adjacent to an activating group) is 1. The van der Waals surface area contributed by atoms with Crippen molar-refractivity contribution in [2.75, 3.05) is 27.5 Å². The largest absolute Gasteiger partial charge is 0.497 e. The van der Waals surface area contributed by atoms with Crippen LogP contribution in [0.2, 0.25) is 0 Å². The molecule has 3 unspecified atom stereocenters. The number of hydrogen-bond donors (Lipinski definition) is 1. The molecule has 3 atom stereocenters. The third kappa shape index (κ3) is 3.98. The van der Waals surface area contributed by atoms with Crippen molar-refractivity contribution in [2.45, 2.75) is 43.9 Å². The second kappa shape index (κ2) is 6.80. The van der Waals surface area contributed by atoms with Gasteiger partial charge in [-0.1, -0.05) is 31.8 Å². The molecule has 1 aromatic rings. The molecule has 0 bridgehead atoms. The Hall–Kier alpha value is -1.06. The van der Waals surface area contributed by atoms with Gasteiger partial charge < -0.3 is 14.7 Å². The van der Waals surface area contributed by atoms with Crippen LogP contribution in [0.5, 0.6) is 5.75 Å².